The molecule has 44 heavy (non-hydrogen) atoms. The van der Waals surface area contributed by atoms with Crippen molar-refractivity contribution in [2.24, 2.45) is 0 Å². The van der Waals surface area contributed by atoms with Gasteiger partial charge in [-0.05, 0) is 95.8 Å². The van der Waals surface area contributed by atoms with Gasteiger partial charge in [0.1, 0.15) is 5.75 Å². The second-order valence-corrected chi connectivity index (χ2v) is 16.2. The van der Waals surface area contributed by atoms with Crippen molar-refractivity contribution in [2.75, 3.05) is 37.0 Å². The average molecular weight is 749 g/mol. The average Bonchev–Trinajstić information content (AvgIpc) is 3.37. The van der Waals surface area contributed by atoms with E-state index in [0.717, 1.165) is 13.1 Å². The van der Waals surface area contributed by atoms with Crippen LogP contribution in [0.4, 0.5) is 11.4 Å². The molecule has 0 unspecified atom stereocenters. The van der Waals surface area contributed by atoms with Crippen LogP contribution < -0.4 is 14.5 Å². The van der Waals surface area contributed by atoms with E-state index in [1.165, 1.54) is 63.2 Å². The molecule has 0 aliphatic carbocycles. The summed E-state index contributed by atoms with van der Waals surface area (Å²) < 4.78 is 30.7. The molecule has 0 N–H and O–H groups in total. The first-order chi connectivity index (χ1) is 20.6. The summed E-state index contributed by atoms with van der Waals surface area (Å²) in [5.41, 5.74) is 11.5. The van der Waals surface area contributed by atoms with Crippen LogP contribution in [0.1, 0.15) is 52.8 Å². The molecule has 0 atom stereocenters. The number of benzene rings is 3. The number of rotatable bonds is 7. The van der Waals surface area contributed by atoms with Crippen molar-refractivity contribution in [2.45, 2.75) is 66.4 Å². The number of anilines is 2. The van der Waals surface area contributed by atoms with Gasteiger partial charge in [0.25, 0.3) is 0 Å². The van der Waals surface area contributed by atoms with Gasteiger partial charge in [0, 0.05) is 44.1 Å². The molecular weight excluding hydrogens is 702 g/mol. The minimum atomic E-state index is -3.42. The van der Waals surface area contributed by atoms with E-state index in [2.05, 4.69) is 88.9 Å². The van der Waals surface area contributed by atoms with E-state index in [4.69, 9.17) is 24.1 Å². The molecule has 1 heterocycles. The van der Waals surface area contributed by atoms with Crippen LogP contribution in [-0.4, -0.2) is 46.0 Å². The standard InChI is InChI=1S/C21H27N2.C13H19NO3S.2ClH.Ru/c1-14-9-16(3)20(17(4)10-14)22-7-8-23(13-22)21-18(5)11-15(2)12-19(21)6;1-6-11-9-12(18(15,16)14(4)5)7-8-13(11)17-10(2)3;;;/h9-13H,7-8H2,1-6H3;6-10H,1H2,2-5H3;2*1H;/q-1;;;;+2/p-2. The van der Waals surface area contributed by atoms with Crippen molar-refractivity contribution < 1.29 is 28.3 Å². The summed E-state index contributed by atoms with van der Waals surface area (Å²) in [5.74, 6) is 0.637. The molecule has 6 nitrogen and oxygen atoms in total. The first kappa shape index (κ1) is 38.1. The number of nitrogens with zero attached hydrogens (tertiary/aromatic N) is 3. The summed E-state index contributed by atoms with van der Waals surface area (Å²) in [7, 11) is 9.29. The van der Waals surface area contributed by atoms with Crippen LogP contribution in [-0.2, 0) is 25.2 Å². The van der Waals surface area contributed by atoms with Crippen molar-refractivity contribution in [3.63, 3.8) is 0 Å². The second-order valence-electron chi connectivity index (χ2n) is 11.4. The summed E-state index contributed by atoms with van der Waals surface area (Å²) in [6, 6.07) is 13.9. The summed E-state index contributed by atoms with van der Waals surface area (Å²) in [6.45, 7) is 25.1. The second kappa shape index (κ2) is 17.0. The Morgan fingerprint density at radius 1 is 0.864 bits per heavy atom. The van der Waals surface area contributed by atoms with E-state index in [1.807, 2.05) is 13.8 Å². The van der Waals surface area contributed by atoms with Crippen molar-refractivity contribution in [1.82, 2.24) is 4.31 Å². The molecule has 0 radical (unpaired) electrons. The van der Waals surface area contributed by atoms with Gasteiger partial charge in [-0.3, -0.25) is 0 Å². The van der Waals surface area contributed by atoms with Gasteiger partial charge >= 0.3 is 34.5 Å². The van der Waals surface area contributed by atoms with Gasteiger partial charge in [0.15, 0.2) is 0 Å². The molecule has 1 aliphatic rings. The molecule has 0 spiro atoms. The third kappa shape index (κ3) is 9.96. The Balaban J connectivity index is 0.000000290. The number of aryl methyl sites for hydroxylation is 6. The van der Waals surface area contributed by atoms with E-state index < -0.39 is 10.0 Å². The molecule has 4 rings (SSSR count). The SMILES string of the molecule is C=Cc1cc(S(=O)(=O)N(C)C)ccc1OC(C)C.Cc1cc(C)c(N2[CH-]N(c3c(C)cc(C)cc3C)CC2)c(C)c1.[Cl][Ru][Cl]. The normalized spacial score (nSPS) is 13.0. The van der Waals surface area contributed by atoms with E-state index in [1.54, 1.807) is 24.3 Å². The Bertz CT molecular complexity index is 1440. The van der Waals surface area contributed by atoms with E-state index >= 15 is 0 Å². The molecule has 0 aromatic heterocycles. The van der Waals surface area contributed by atoms with Gasteiger partial charge < -0.3 is 14.5 Å². The summed E-state index contributed by atoms with van der Waals surface area (Å²) in [5, 5.41) is 0. The predicted octanol–water partition coefficient (Wildman–Crippen LogP) is 8.73. The zero-order valence-corrected chi connectivity index (χ0v) is 31.5. The van der Waals surface area contributed by atoms with Crippen molar-refractivity contribution in [1.29, 1.82) is 0 Å². The van der Waals surface area contributed by atoms with E-state index in [0.29, 0.717) is 11.3 Å². The predicted molar refractivity (Wildman–Crippen MR) is 185 cm³/mol. The zero-order valence-electron chi connectivity index (χ0n) is 27.5. The van der Waals surface area contributed by atoms with E-state index in [-0.39, 0.29) is 26.1 Å². The van der Waals surface area contributed by atoms with Gasteiger partial charge in [-0.25, -0.2) is 12.7 Å². The maximum atomic E-state index is 12.0. The monoisotopic (exact) mass is 748 g/mol. The Hall–Kier alpha value is -2.09. The topological polar surface area (TPSA) is 53.1 Å². The first-order valence-electron chi connectivity index (χ1n) is 14.3. The minimum absolute atomic E-state index is 0.0278. The van der Waals surface area contributed by atoms with Crippen LogP contribution >= 0.6 is 19.4 Å². The molecule has 0 amide bonds. The van der Waals surface area contributed by atoms with Crippen LogP contribution in [0.5, 0.6) is 5.75 Å². The third-order valence-electron chi connectivity index (χ3n) is 7.05. The molecule has 1 aliphatic heterocycles. The molecule has 0 saturated carbocycles. The van der Waals surface area contributed by atoms with Crippen LogP contribution in [0.25, 0.3) is 6.08 Å². The quantitative estimate of drug-likeness (QED) is 0.179. The Morgan fingerprint density at radius 3 is 1.61 bits per heavy atom. The summed E-state index contributed by atoms with van der Waals surface area (Å²) in [4.78, 5) is 5.05. The van der Waals surface area contributed by atoms with Crippen LogP contribution in [0.15, 0.2) is 53.9 Å². The van der Waals surface area contributed by atoms with Crippen LogP contribution in [0, 0.1) is 48.2 Å². The fourth-order valence-electron chi connectivity index (χ4n) is 5.51. The fraction of sp³-hybridized carbons (Fsp3) is 0.382. The Kier molecular flexibility index (Phi) is 14.7. The molecule has 10 heteroatoms. The molecule has 0 bridgehead atoms. The van der Waals surface area contributed by atoms with Crippen molar-refractivity contribution in [3.8, 4) is 5.75 Å². The van der Waals surface area contributed by atoms with Gasteiger partial charge in [0.2, 0.25) is 10.0 Å². The Labute approximate surface area is 281 Å². The molecule has 1 saturated heterocycles. The molecule has 3 aromatic carbocycles. The Morgan fingerprint density at radius 2 is 1.27 bits per heavy atom. The maximum absolute atomic E-state index is 12.0. The van der Waals surface area contributed by atoms with Crippen LogP contribution in [0.2, 0.25) is 0 Å². The number of hydrogen-bond donors (Lipinski definition) is 0. The number of hydrogen-bond acceptors (Lipinski definition) is 5. The van der Waals surface area contributed by atoms with Crippen LogP contribution in [0.3, 0.4) is 0 Å². The zero-order chi connectivity index (χ0) is 33.4. The molecular formula is C34H46Cl2N3O3RuS-. The molecule has 3 aromatic rings. The van der Waals surface area contributed by atoms with Gasteiger partial charge in [-0.2, -0.15) is 6.67 Å². The molecule has 244 valence electrons. The van der Waals surface area contributed by atoms with Crippen molar-refractivity contribution in [3.05, 3.63) is 94.7 Å². The van der Waals surface area contributed by atoms with Crippen molar-refractivity contribution >= 4 is 46.9 Å². The van der Waals surface area contributed by atoms with Gasteiger partial charge in [-0.1, -0.05) is 48.0 Å². The fourth-order valence-corrected chi connectivity index (χ4v) is 6.45. The van der Waals surface area contributed by atoms with Gasteiger partial charge in [0.05, 0.1) is 11.0 Å². The number of sulfonamides is 1. The van der Waals surface area contributed by atoms with Gasteiger partial charge in [-0.15, -0.1) is 0 Å². The number of ether oxygens (including phenoxy) is 1. The number of halogens is 2. The third-order valence-corrected chi connectivity index (χ3v) is 8.86. The first-order valence-corrected chi connectivity index (χ1v) is 20.2. The molecule has 1 fully saturated rings. The summed E-state index contributed by atoms with van der Waals surface area (Å²) >= 11 is -0.346. The van der Waals surface area contributed by atoms with E-state index in [9.17, 15) is 8.42 Å². The summed E-state index contributed by atoms with van der Waals surface area (Å²) in [6.07, 6.45) is 1.62.